The summed E-state index contributed by atoms with van der Waals surface area (Å²) in [4.78, 5) is 10.8. The van der Waals surface area contributed by atoms with Crippen LogP contribution >= 0.6 is 0 Å². The van der Waals surface area contributed by atoms with Crippen LogP contribution in [0.15, 0.2) is 24.3 Å². The van der Waals surface area contributed by atoms with Gasteiger partial charge >= 0.3 is 5.97 Å². The lowest BCUT2D eigenvalue weighted by Gasteiger charge is -2.06. The van der Waals surface area contributed by atoms with Gasteiger partial charge in [-0.25, -0.2) is 4.79 Å². The molecule has 0 aliphatic carbocycles. The molecule has 0 radical (unpaired) electrons. The molecule has 1 aromatic rings. The highest BCUT2D eigenvalue weighted by Crippen LogP contribution is 2.15. The molecule has 0 aliphatic rings. The smallest absolute Gasteiger partial charge is 0.335 e. The molecule has 3 nitrogen and oxygen atoms in total. The quantitative estimate of drug-likeness (QED) is 0.203. The van der Waals surface area contributed by atoms with Gasteiger partial charge < -0.3 is 9.84 Å². The van der Waals surface area contributed by atoms with Gasteiger partial charge in [0.2, 0.25) is 0 Å². The Bertz CT molecular complexity index is 509. The molecule has 172 valence electrons. The van der Waals surface area contributed by atoms with Crippen LogP contribution in [0.25, 0.3) is 0 Å². The summed E-state index contributed by atoms with van der Waals surface area (Å²) < 4.78 is 5.68. The van der Waals surface area contributed by atoms with Crippen molar-refractivity contribution in [3.05, 3.63) is 29.8 Å². The van der Waals surface area contributed by atoms with Crippen LogP contribution < -0.4 is 4.74 Å². The summed E-state index contributed by atoms with van der Waals surface area (Å²) in [7, 11) is 0. The van der Waals surface area contributed by atoms with Gasteiger partial charge in [0.05, 0.1) is 12.2 Å². The predicted molar refractivity (Wildman–Crippen MR) is 128 cm³/mol. The van der Waals surface area contributed by atoms with Crippen LogP contribution in [0.2, 0.25) is 0 Å². The van der Waals surface area contributed by atoms with Crippen molar-refractivity contribution >= 4 is 5.97 Å². The van der Waals surface area contributed by atoms with Gasteiger partial charge in [-0.15, -0.1) is 0 Å². The maximum absolute atomic E-state index is 10.8. The lowest BCUT2D eigenvalue weighted by molar-refractivity contribution is 0.0697. The van der Waals surface area contributed by atoms with Gasteiger partial charge in [0, 0.05) is 0 Å². The first kappa shape index (κ1) is 26.5. The summed E-state index contributed by atoms with van der Waals surface area (Å²) >= 11 is 0. The van der Waals surface area contributed by atoms with E-state index in [1.165, 1.54) is 109 Å². The van der Waals surface area contributed by atoms with E-state index in [-0.39, 0.29) is 0 Å². The lowest BCUT2D eigenvalue weighted by atomic mass is 10.0. The monoisotopic (exact) mass is 418 g/mol. The molecule has 1 rings (SSSR count). The fraction of sp³-hybridized carbons (Fsp3) is 0.741. The minimum absolute atomic E-state index is 0.301. The van der Waals surface area contributed by atoms with E-state index in [2.05, 4.69) is 6.92 Å². The molecular formula is C27H46O3. The number of carbonyl (C=O) groups is 1. The molecule has 0 fully saturated rings. The Labute approximate surface area is 185 Å². The summed E-state index contributed by atoms with van der Waals surface area (Å²) in [5, 5.41) is 8.88. The van der Waals surface area contributed by atoms with Crippen molar-refractivity contribution in [2.24, 2.45) is 0 Å². The number of benzene rings is 1. The van der Waals surface area contributed by atoms with Crippen LogP contribution in [0.5, 0.6) is 5.75 Å². The second-order valence-electron chi connectivity index (χ2n) is 8.69. The van der Waals surface area contributed by atoms with Gasteiger partial charge in [0.15, 0.2) is 0 Å². The van der Waals surface area contributed by atoms with E-state index in [0.29, 0.717) is 12.2 Å². The Balaban J connectivity index is 1.76. The number of carboxylic acid groups (broad SMARTS) is 1. The van der Waals surface area contributed by atoms with Crippen LogP contribution in [-0.4, -0.2) is 17.7 Å². The van der Waals surface area contributed by atoms with E-state index in [9.17, 15) is 4.79 Å². The summed E-state index contributed by atoms with van der Waals surface area (Å²) in [5.74, 6) is -0.142. The Hall–Kier alpha value is -1.51. The normalized spacial score (nSPS) is 11.0. The van der Waals surface area contributed by atoms with Crippen molar-refractivity contribution in [1.82, 2.24) is 0 Å². The van der Waals surface area contributed by atoms with Gasteiger partial charge in [0.25, 0.3) is 0 Å². The van der Waals surface area contributed by atoms with Gasteiger partial charge in [0.1, 0.15) is 5.75 Å². The maximum atomic E-state index is 10.8. The Morgan fingerprint density at radius 2 is 1.00 bits per heavy atom. The minimum atomic E-state index is -0.898. The van der Waals surface area contributed by atoms with Crippen LogP contribution in [0.1, 0.15) is 133 Å². The molecule has 0 heterocycles. The average molecular weight is 419 g/mol. The molecule has 0 atom stereocenters. The zero-order valence-electron chi connectivity index (χ0n) is 19.5. The molecule has 1 aromatic carbocycles. The van der Waals surface area contributed by atoms with E-state index in [4.69, 9.17) is 9.84 Å². The molecule has 0 bridgehead atoms. The molecule has 0 aromatic heterocycles. The van der Waals surface area contributed by atoms with Crippen molar-refractivity contribution < 1.29 is 14.6 Å². The van der Waals surface area contributed by atoms with Crippen LogP contribution in [-0.2, 0) is 0 Å². The van der Waals surface area contributed by atoms with Crippen LogP contribution in [0.4, 0.5) is 0 Å². The number of rotatable bonds is 21. The fourth-order valence-corrected chi connectivity index (χ4v) is 3.89. The zero-order chi connectivity index (χ0) is 21.7. The number of hydrogen-bond donors (Lipinski definition) is 1. The van der Waals surface area contributed by atoms with Crippen molar-refractivity contribution in [3.8, 4) is 5.75 Å². The molecule has 0 spiro atoms. The first-order valence-corrected chi connectivity index (χ1v) is 12.7. The van der Waals surface area contributed by atoms with Crippen LogP contribution in [0.3, 0.4) is 0 Å². The Kier molecular flexibility index (Phi) is 17.2. The Morgan fingerprint density at radius 3 is 1.37 bits per heavy atom. The largest absolute Gasteiger partial charge is 0.494 e. The third-order valence-corrected chi connectivity index (χ3v) is 5.87. The van der Waals surface area contributed by atoms with Crippen molar-refractivity contribution in [2.45, 2.75) is 122 Å². The fourth-order valence-electron chi connectivity index (χ4n) is 3.89. The molecule has 1 N–H and O–H groups in total. The molecular weight excluding hydrogens is 372 g/mol. The average Bonchev–Trinajstić information content (AvgIpc) is 2.75. The van der Waals surface area contributed by atoms with Gasteiger partial charge in [-0.05, 0) is 30.7 Å². The summed E-state index contributed by atoms with van der Waals surface area (Å²) in [5.41, 5.74) is 0.301. The van der Waals surface area contributed by atoms with E-state index in [1.807, 2.05) is 0 Å². The molecule has 0 unspecified atom stereocenters. The topological polar surface area (TPSA) is 46.5 Å². The number of ether oxygens (including phenoxy) is 1. The summed E-state index contributed by atoms with van der Waals surface area (Å²) in [6, 6.07) is 6.65. The number of carboxylic acids is 1. The highest BCUT2D eigenvalue weighted by atomic mass is 16.5. The molecule has 0 aliphatic heterocycles. The van der Waals surface area contributed by atoms with Gasteiger partial charge in [-0.2, -0.15) is 0 Å². The van der Waals surface area contributed by atoms with E-state index in [0.717, 1.165) is 12.2 Å². The molecule has 0 saturated carbocycles. The number of unbranched alkanes of at least 4 members (excludes halogenated alkanes) is 17. The third-order valence-electron chi connectivity index (χ3n) is 5.87. The van der Waals surface area contributed by atoms with E-state index in [1.54, 1.807) is 24.3 Å². The predicted octanol–water partition coefficient (Wildman–Crippen LogP) is 8.81. The molecule has 30 heavy (non-hydrogen) atoms. The third kappa shape index (κ3) is 15.3. The van der Waals surface area contributed by atoms with E-state index >= 15 is 0 Å². The Morgan fingerprint density at radius 1 is 0.633 bits per heavy atom. The second kappa shape index (κ2) is 19.5. The molecule has 0 amide bonds. The van der Waals surface area contributed by atoms with Gasteiger partial charge in [-0.1, -0.05) is 116 Å². The van der Waals surface area contributed by atoms with E-state index < -0.39 is 5.97 Å². The standard InChI is InChI=1S/C27H46O3/c1-2-3-4-5-6-7-8-9-10-11-12-13-14-15-16-17-18-19-24-30-26-22-20-25(21-23-26)27(28)29/h20-23H,2-19,24H2,1H3,(H,28,29). The molecule has 0 saturated heterocycles. The van der Waals surface area contributed by atoms with Crippen molar-refractivity contribution in [1.29, 1.82) is 0 Å². The summed E-state index contributed by atoms with van der Waals surface area (Å²) in [6.07, 6.45) is 24.8. The van der Waals surface area contributed by atoms with Crippen molar-refractivity contribution in [2.75, 3.05) is 6.61 Å². The van der Waals surface area contributed by atoms with Crippen LogP contribution in [0, 0.1) is 0 Å². The summed E-state index contributed by atoms with van der Waals surface area (Å²) in [6.45, 7) is 3.00. The lowest BCUT2D eigenvalue weighted by Crippen LogP contribution is -1.99. The van der Waals surface area contributed by atoms with Crippen molar-refractivity contribution in [3.63, 3.8) is 0 Å². The first-order valence-electron chi connectivity index (χ1n) is 12.7. The molecule has 3 heteroatoms. The number of hydrogen-bond acceptors (Lipinski definition) is 2. The highest BCUT2D eigenvalue weighted by Gasteiger charge is 2.02. The number of aromatic carboxylic acids is 1. The minimum Gasteiger partial charge on any atom is -0.494 e. The van der Waals surface area contributed by atoms with Gasteiger partial charge in [-0.3, -0.25) is 0 Å². The highest BCUT2D eigenvalue weighted by molar-refractivity contribution is 5.87. The zero-order valence-corrected chi connectivity index (χ0v) is 19.5. The second-order valence-corrected chi connectivity index (χ2v) is 8.69. The SMILES string of the molecule is CCCCCCCCCCCCCCCCCCCCOc1ccc(C(=O)O)cc1. The maximum Gasteiger partial charge on any atom is 0.335 e. The first-order chi connectivity index (χ1) is 14.7.